The van der Waals surface area contributed by atoms with Crippen molar-refractivity contribution < 1.29 is 9.90 Å². The standard InChI is InChI=1S/C15H30N2O2/c1-11(2)13-4-6-14(7-5-13)17-15(19)16-10-12(3)8-9-18/h11-14,18H,4-10H2,1-3H3,(H2,16,17,19). The normalized spacial score (nSPS) is 25.1. The minimum Gasteiger partial charge on any atom is -0.396 e. The number of aliphatic hydroxyl groups is 1. The number of hydrogen-bond donors (Lipinski definition) is 3. The first kappa shape index (κ1) is 16.3. The maximum atomic E-state index is 11.8. The zero-order valence-electron chi connectivity index (χ0n) is 12.6. The predicted octanol–water partition coefficient (Wildman–Crippen LogP) is 2.52. The number of rotatable bonds is 6. The van der Waals surface area contributed by atoms with Crippen molar-refractivity contribution >= 4 is 6.03 Å². The van der Waals surface area contributed by atoms with E-state index in [0.717, 1.165) is 31.1 Å². The van der Waals surface area contributed by atoms with E-state index in [0.29, 0.717) is 18.5 Å². The number of amides is 2. The van der Waals surface area contributed by atoms with Gasteiger partial charge in [0.25, 0.3) is 0 Å². The summed E-state index contributed by atoms with van der Waals surface area (Å²) >= 11 is 0. The number of carbonyl (C=O) groups excluding carboxylic acids is 1. The van der Waals surface area contributed by atoms with Crippen molar-refractivity contribution in [3.05, 3.63) is 0 Å². The zero-order chi connectivity index (χ0) is 14.3. The van der Waals surface area contributed by atoms with Crippen molar-refractivity contribution in [3.63, 3.8) is 0 Å². The van der Waals surface area contributed by atoms with E-state index in [1.165, 1.54) is 12.8 Å². The summed E-state index contributed by atoms with van der Waals surface area (Å²) in [7, 11) is 0. The number of urea groups is 1. The summed E-state index contributed by atoms with van der Waals surface area (Å²) in [5.41, 5.74) is 0. The van der Waals surface area contributed by atoms with Crippen LogP contribution in [-0.2, 0) is 0 Å². The van der Waals surface area contributed by atoms with Gasteiger partial charge in [-0.15, -0.1) is 0 Å². The molecule has 0 saturated heterocycles. The second kappa shape index (κ2) is 8.41. The lowest BCUT2D eigenvalue weighted by Gasteiger charge is -2.31. The van der Waals surface area contributed by atoms with Gasteiger partial charge in [0.15, 0.2) is 0 Å². The van der Waals surface area contributed by atoms with Gasteiger partial charge in [0.05, 0.1) is 0 Å². The molecule has 0 bridgehead atoms. The third-order valence-electron chi connectivity index (χ3n) is 4.28. The molecule has 0 heterocycles. The topological polar surface area (TPSA) is 61.4 Å². The Hall–Kier alpha value is -0.770. The average molecular weight is 270 g/mol. The molecule has 1 atom stereocenters. The van der Waals surface area contributed by atoms with Gasteiger partial charge < -0.3 is 15.7 Å². The summed E-state index contributed by atoms with van der Waals surface area (Å²) in [6, 6.07) is 0.279. The van der Waals surface area contributed by atoms with E-state index in [-0.39, 0.29) is 12.6 Å². The fourth-order valence-electron chi connectivity index (χ4n) is 2.76. The molecular weight excluding hydrogens is 240 g/mol. The Bertz CT molecular complexity index is 261. The molecule has 1 unspecified atom stereocenters. The molecule has 1 aliphatic carbocycles. The highest BCUT2D eigenvalue weighted by atomic mass is 16.3. The van der Waals surface area contributed by atoms with E-state index in [9.17, 15) is 4.79 Å². The number of aliphatic hydroxyl groups excluding tert-OH is 1. The van der Waals surface area contributed by atoms with Crippen molar-refractivity contribution in [2.75, 3.05) is 13.2 Å². The molecule has 0 aliphatic heterocycles. The zero-order valence-corrected chi connectivity index (χ0v) is 12.6. The summed E-state index contributed by atoms with van der Waals surface area (Å²) in [6.07, 6.45) is 5.39. The number of carbonyl (C=O) groups is 1. The summed E-state index contributed by atoms with van der Waals surface area (Å²) in [5, 5.41) is 14.8. The highest BCUT2D eigenvalue weighted by Gasteiger charge is 2.24. The smallest absolute Gasteiger partial charge is 0.315 e. The Labute approximate surface area is 117 Å². The lowest BCUT2D eigenvalue weighted by atomic mass is 9.80. The van der Waals surface area contributed by atoms with Crippen molar-refractivity contribution in [1.29, 1.82) is 0 Å². The van der Waals surface area contributed by atoms with Crippen LogP contribution in [-0.4, -0.2) is 30.3 Å². The SMILES string of the molecule is CC(CCO)CNC(=O)NC1CCC(C(C)C)CC1. The third-order valence-corrected chi connectivity index (χ3v) is 4.28. The molecule has 0 radical (unpaired) electrons. The molecule has 1 rings (SSSR count). The minimum atomic E-state index is -0.0576. The highest BCUT2D eigenvalue weighted by Crippen LogP contribution is 2.29. The molecule has 0 spiro atoms. The van der Waals surface area contributed by atoms with Gasteiger partial charge in [0.1, 0.15) is 0 Å². The van der Waals surface area contributed by atoms with Gasteiger partial charge in [0, 0.05) is 19.2 Å². The number of hydrogen-bond acceptors (Lipinski definition) is 2. The molecule has 1 fully saturated rings. The quantitative estimate of drug-likeness (QED) is 0.694. The monoisotopic (exact) mass is 270 g/mol. The van der Waals surface area contributed by atoms with Crippen molar-refractivity contribution in [1.82, 2.24) is 10.6 Å². The van der Waals surface area contributed by atoms with Crippen LogP contribution in [0.25, 0.3) is 0 Å². The fourth-order valence-corrected chi connectivity index (χ4v) is 2.76. The molecule has 0 aromatic carbocycles. The van der Waals surface area contributed by atoms with Crippen LogP contribution in [0, 0.1) is 17.8 Å². The molecule has 0 aromatic heterocycles. The number of nitrogens with one attached hydrogen (secondary N) is 2. The van der Waals surface area contributed by atoms with Crippen molar-refractivity contribution in [2.24, 2.45) is 17.8 Å². The predicted molar refractivity (Wildman–Crippen MR) is 78.0 cm³/mol. The van der Waals surface area contributed by atoms with Crippen LogP contribution in [0.15, 0.2) is 0 Å². The molecule has 112 valence electrons. The molecule has 3 N–H and O–H groups in total. The average Bonchev–Trinajstić information content (AvgIpc) is 2.37. The van der Waals surface area contributed by atoms with E-state index in [1.54, 1.807) is 0 Å². The molecule has 2 amide bonds. The van der Waals surface area contributed by atoms with Crippen LogP contribution in [0.5, 0.6) is 0 Å². The Kier molecular flexibility index (Phi) is 7.21. The molecule has 19 heavy (non-hydrogen) atoms. The van der Waals surface area contributed by atoms with E-state index >= 15 is 0 Å². The molecule has 4 nitrogen and oxygen atoms in total. The van der Waals surface area contributed by atoms with Gasteiger partial charge >= 0.3 is 6.03 Å². The molecular formula is C15H30N2O2. The van der Waals surface area contributed by atoms with E-state index < -0.39 is 0 Å². The van der Waals surface area contributed by atoms with E-state index in [2.05, 4.69) is 24.5 Å². The van der Waals surface area contributed by atoms with Crippen LogP contribution in [0.3, 0.4) is 0 Å². The van der Waals surface area contributed by atoms with Gasteiger partial charge in [-0.2, -0.15) is 0 Å². The van der Waals surface area contributed by atoms with E-state index in [1.807, 2.05) is 6.92 Å². The lowest BCUT2D eigenvalue weighted by Crippen LogP contribution is -2.45. The molecule has 1 aliphatic rings. The van der Waals surface area contributed by atoms with Gasteiger partial charge in [-0.1, -0.05) is 20.8 Å². The Morgan fingerprint density at radius 2 is 1.84 bits per heavy atom. The summed E-state index contributed by atoms with van der Waals surface area (Å²) in [5.74, 6) is 1.91. The van der Waals surface area contributed by atoms with E-state index in [4.69, 9.17) is 5.11 Å². The van der Waals surface area contributed by atoms with Gasteiger partial charge in [-0.3, -0.25) is 0 Å². The Morgan fingerprint density at radius 3 is 2.37 bits per heavy atom. The van der Waals surface area contributed by atoms with Gasteiger partial charge in [-0.25, -0.2) is 4.79 Å². The van der Waals surface area contributed by atoms with Crippen LogP contribution in [0.1, 0.15) is 52.9 Å². The summed E-state index contributed by atoms with van der Waals surface area (Å²) in [4.78, 5) is 11.8. The fraction of sp³-hybridized carbons (Fsp3) is 0.933. The minimum absolute atomic E-state index is 0.0576. The maximum absolute atomic E-state index is 11.8. The van der Waals surface area contributed by atoms with Crippen LogP contribution in [0.4, 0.5) is 4.79 Å². The third kappa shape index (κ3) is 6.28. The lowest BCUT2D eigenvalue weighted by molar-refractivity contribution is 0.213. The Morgan fingerprint density at radius 1 is 1.21 bits per heavy atom. The highest BCUT2D eigenvalue weighted by molar-refractivity contribution is 5.74. The van der Waals surface area contributed by atoms with Crippen molar-refractivity contribution in [2.45, 2.75) is 58.9 Å². The van der Waals surface area contributed by atoms with Crippen molar-refractivity contribution in [3.8, 4) is 0 Å². The van der Waals surface area contributed by atoms with Gasteiger partial charge in [-0.05, 0) is 49.9 Å². The summed E-state index contributed by atoms with van der Waals surface area (Å²) < 4.78 is 0. The molecule has 0 aromatic rings. The maximum Gasteiger partial charge on any atom is 0.315 e. The Balaban J connectivity index is 2.16. The van der Waals surface area contributed by atoms with Gasteiger partial charge in [0.2, 0.25) is 0 Å². The first-order chi connectivity index (χ1) is 9.02. The van der Waals surface area contributed by atoms with Crippen LogP contribution < -0.4 is 10.6 Å². The second-order valence-electron chi connectivity index (χ2n) is 6.33. The second-order valence-corrected chi connectivity index (χ2v) is 6.33. The van der Waals surface area contributed by atoms with Crippen LogP contribution in [0.2, 0.25) is 0 Å². The largest absolute Gasteiger partial charge is 0.396 e. The first-order valence-electron chi connectivity index (χ1n) is 7.68. The van der Waals surface area contributed by atoms with Crippen LogP contribution >= 0.6 is 0 Å². The molecule has 4 heteroatoms. The summed E-state index contributed by atoms with van der Waals surface area (Å²) in [6.45, 7) is 7.42. The molecule has 1 saturated carbocycles. The first-order valence-corrected chi connectivity index (χ1v) is 7.68.